The molecule has 178 valence electrons. The second-order valence-corrected chi connectivity index (χ2v) is 8.58. The van der Waals surface area contributed by atoms with E-state index in [4.69, 9.17) is 9.47 Å². The number of benzene rings is 2. The number of amides is 1. The highest BCUT2D eigenvalue weighted by molar-refractivity contribution is 6.03. The molecule has 1 amide bonds. The van der Waals surface area contributed by atoms with Crippen LogP contribution in [0, 0.1) is 5.92 Å². The Balaban J connectivity index is 1.26. The lowest BCUT2D eigenvalue weighted by Crippen LogP contribution is -2.59. The zero-order valence-corrected chi connectivity index (χ0v) is 19.4. The van der Waals surface area contributed by atoms with Gasteiger partial charge in [0.1, 0.15) is 5.75 Å². The number of anilines is 1. The molecule has 1 spiro atoms. The van der Waals surface area contributed by atoms with Gasteiger partial charge in [0.15, 0.2) is 11.5 Å². The molecule has 2 heterocycles. The van der Waals surface area contributed by atoms with Crippen molar-refractivity contribution in [3.63, 3.8) is 0 Å². The summed E-state index contributed by atoms with van der Waals surface area (Å²) in [5.41, 5.74) is 1.41. The number of carbonyl (C=O) groups is 2. The first-order valence-electron chi connectivity index (χ1n) is 11.6. The molecule has 1 aliphatic carbocycles. The SMILES string of the molecule is COc1ccc(-n2cc(CCCC3COC4(C=CC(=O)C=C4)N(c4ccccc4)C3=O)nn2)cc1. The zero-order chi connectivity index (χ0) is 24.3. The molecule has 0 saturated carbocycles. The van der Waals surface area contributed by atoms with Gasteiger partial charge in [-0.25, -0.2) is 4.68 Å². The maximum atomic E-state index is 13.6. The molecule has 1 fully saturated rings. The number of aromatic nitrogens is 3. The normalized spacial score (nSPS) is 18.9. The van der Waals surface area contributed by atoms with Gasteiger partial charge >= 0.3 is 0 Å². The van der Waals surface area contributed by atoms with E-state index in [1.807, 2.05) is 60.8 Å². The Labute approximate surface area is 203 Å². The van der Waals surface area contributed by atoms with Crippen molar-refractivity contribution in [1.82, 2.24) is 15.0 Å². The molecule has 0 N–H and O–H groups in total. The highest BCUT2D eigenvalue weighted by atomic mass is 16.5. The lowest BCUT2D eigenvalue weighted by atomic mass is 9.93. The molecule has 3 aromatic rings. The van der Waals surface area contributed by atoms with Gasteiger partial charge in [0.2, 0.25) is 5.91 Å². The first-order chi connectivity index (χ1) is 17.1. The fraction of sp³-hybridized carbons (Fsp3) is 0.259. The molecular weight excluding hydrogens is 444 g/mol. The van der Waals surface area contributed by atoms with E-state index in [1.54, 1.807) is 28.8 Å². The number of nitrogens with zero attached hydrogens (tertiary/aromatic N) is 4. The van der Waals surface area contributed by atoms with Crippen molar-refractivity contribution >= 4 is 17.4 Å². The average molecular weight is 471 g/mol. The second-order valence-electron chi connectivity index (χ2n) is 8.58. The summed E-state index contributed by atoms with van der Waals surface area (Å²) in [6.07, 6.45) is 10.2. The summed E-state index contributed by atoms with van der Waals surface area (Å²) in [6.45, 7) is 0.281. The molecule has 8 nitrogen and oxygen atoms in total. The van der Waals surface area contributed by atoms with Crippen LogP contribution in [0.1, 0.15) is 18.5 Å². The van der Waals surface area contributed by atoms with Crippen molar-refractivity contribution in [2.24, 2.45) is 5.92 Å². The number of ether oxygens (including phenoxy) is 2. The molecule has 0 radical (unpaired) electrons. The van der Waals surface area contributed by atoms with E-state index in [0.29, 0.717) is 12.8 Å². The lowest BCUT2D eigenvalue weighted by molar-refractivity contribution is -0.138. The van der Waals surface area contributed by atoms with Crippen LogP contribution in [0.15, 0.2) is 85.1 Å². The van der Waals surface area contributed by atoms with Gasteiger partial charge in [-0.15, -0.1) is 5.10 Å². The molecule has 1 aliphatic heterocycles. The maximum absolute atomic E-state index is 13.6. The number of rotatable bonds is 7. The minimum Gasteiger partial charge on any atom is -0.497 e. The smallest absolute Gasteiger partial charge is 0.235 e. The van der Waals surface area contributed by atoms with Gasteiger partial charge in [-0.05, 0) is 80.0 Å². The van der Waals surface area contributed by atoms with E-state index < -0.39 is 5.72 Å². The summed E-state index contributed by atoms with van der Waals surface area (Å²) in [6, 6.07) is 17.0. The van der Waals surface area contributed by atoms with Gasteiger partial charge < -0.3 is 9.47 Å². The maximum Gasteiger partial charge on any atom is 0.235 e. The monoisotopic (exact) mass is 470 g/mol. The average Bonchev–Trinajstić information content (AvgIpc) is 3.37. The van der Waals surface area contributed by atoms with Crippen molar-refractivity contribution in [2.75, 3.05) is 18.6 Å². The van der Waals surface area contributed by atoms with Crippen molar-refractivity contribution in [3.8, 4) is 11.4 Å². The number of allylic oxidation sites excluding steroid dienone is 2. The molecular formula is C27H26N4O4. The van der Waals surface area contributed by atoms with E-state index in [9.17, 15) is 9.59 Å². The van der Waals surface area contributed by atoms with Gasteiger partial charge in [0.25, 0.3) is 0 Å². The van der Waals surface area contributed by atoms with E-state index in [2.05, 4.69) is 10.3 Å². The molecule has 2 aromatic carbocycles. The summed E-state index contributed by atoms with van der Waals surface area (Å²) >= 11 is 0. The highest BCUT2D eigenvalue weighted by Crippen LogP contribution is 2.36. The van der Waals surface area contributed by atoms with Crippen molar-refractivity contribution < 1.29 is 19.1 Å². The van der Waals surface area contributed by atoms with Crippen molar-refractivity contribution in [1.29, 1.82) is 0 Å². The third-order valence-electron chi connectivity index (χ3n) is 6.29. The number of hydrogen-bond acceptors (Lipinski definition) is 6. The second kappa shape index (κ2) is 9.68. The lowest BCUT2D eigenvalue weighted by Gasteiger charge is -2.46. The van der Waals surface area contributed by atoms with E-state index in [-0.39, 0.29) is 24.2 Å². The Morgan fingerprint density at radius 2 is 1.77 bits per heavy atom. The highest BCUT2D eigenvalue weighted by Gasteiger charge is 2.46. The molecule has 5 rings (SSSR count). The van der Waals surface area contributed by atoms with E-state index in [1.165, 1.54) is 12.2 Å². The number of hydrogen-bond donors (Lipinski definition) is 0. The molecule has 1 atom stereocenters. The Hall–Kier alpha value is -4.04. The fourth-order valence-electron chi connectivity index (χ4n) is 4.40. The number of para-hydroxylation sites is 1. The van der Waals surface area contributed by atoms with Gasteiger partial charge in [-0.1, -0.05) is 23.4 Å². The minimum absolute atomic E-state index is 0.0204. The van der Waals surface area contributed by atoms with Crippen molar-refractivity contribution in [2.45, 2.75) is 25.0 Å². The standard InChI is InChI=1S/C27H26N4O4/c1-34-25-12-10-22(11-13-25)30-18-21(28-29-30)7-5-6-20-19-35-27(16-14-24(32)15-17-27)31(26(20)33)23-8-3-2-4-9-23/h2-4,8-18,20H,5-7,19H2,1H3. The summed E-state index contributed by atoms with van der Waals surface area (Å²) in [4.78, 5) is 27.0. The molecule has 35 heavy (non-hydrogen) atoms. The number of methoxy groups -OCH3 is 1. The third-order valence-corrected chi connectivity index (χ3v) is 6.29. The zero-order valence-electron chi connectivity index (χ0n) is 19.4. The Bertz CT molecular complexity index is 1250. The minimum atomic E-state index is -1.08. The first kappa shape index (κ1) is 22.7. The molecule has 1 aromatic heterocycles. The van der Waals surface area contributed by atoms with Crippen LogP contribution in [-0.4, -0.2) is 46.1 Å². The van der Waals surface area contributed by atoms with E-state index >= 15 is 0 Å². The summed E-state index contributed by atoms with van der Waals surface area (Å²) in [5, 5.41) is 8.50. The molecule has 0 bridgehead atoms. The predicted molar refractivity (Wildman–Crippen MR) is 130 cm³/mol. The van der Waals surface area contributed by atoms with Gasteiger partial charge in [-0.2, -0.15) is 0 Å². The molecule has 1 saturated heterocycles. The van der Waals surface area contributed by atoms with Crippen LogP contribution < -0.4 is 9.64 Å². The summed E-state index contributed by atoms with van der Waals surface area (Å²) < 4.78 is 13.2. The largest absolute Gasteiger partial charge is 0.497 e. The van der Waals surface area contributed by atoms with Crippen LogP contribution in [-0.2, 0) is 20.7 Å². The molecule has 8 heteroatoms. The van der Waals surface area contributed by atoms with Gasteiger partial charge in [0.05, 0.1) is 37.2 Å². The van der Waals surface area contributed by atoms with Gasteiger partial charge in [0, 0.05) is 5.69 Å². The quantitative estimate of drug-likeness (QED) is 0.524. The van der Waals surface area contributed by atoms with Crippen LogP contribution in [0.2, 0.25) is 0 Å². The Kier molecular flexibility index (Phi) is 6.29. The van der Waals surface area contributed by atoms with Crippen LogP contribution in [0.3, 0.4) is 0 Å². The Morgan fingerprint density at radius 3 is 2.49 bits per heavy atom. The number of aryl methyl sites for hydroxylation is 1. The fourth-order valence-corrected chi connectivity index (χ4v) is 4.40. The van der Waals surface area contributed by atoms with Crippen LogP contribution in [0.4, 0.5) is 5.69 Å². The van der Waals surface area contributed by atoms with Crippen molar-refractivity contribution in [3.05, 3.63) is 90.8 Å². The summed E-state index contributed by atoms with van der Waals surface area (Å²) in [7, 11) is 1.63. The van der Waals surface area contributed by atoms with Crippen LogP contribution >= 0.6 is 0 Å². The Morgan fingerprint density at radius 1 is 1.03 bits per heavy atom. The topological polar surface area (TPSA) is 86.5 Å². The number of carbonyl (C=O) groups excluding carboxylic acids is 2. The van der Waals surface area contributed by atoms with E-state index in [0.717, 1.165) is 29.2 Å². The number of ketones is 1. The molecule has 2 aliphatic rings. The predicted octanol–water partition coefficient (Wildman–Crippen LogP) is 3.67. The first-order valence-corrected chi connectivity index (χ1v) is 11.6. The van der Waals surface area contributed by atoms with Crippen LogP contribution in [0.25, 0.3) is 5.69 Å². The third kappa shape index (κ3) is 4.65. The van der Waals surface area contributed by atoms with Crippen LogP contribution in [0.5, 0.6) is 5.75 Å². The van der Waals surface area contributed by atoms with Gasteiger partial charge in [-0.3, -0.25) is 14.5 Å². The summed E-state index contributed by atoms with van der Waals surface area (Å²) in [5.74, 6) is 0.347. The molecule has 1 unspecified atom stereocenters.